The zero-order valence-electron chi connectivity index (χ0n) is 8.67. The van der Waals surface area contributed by atoms with Crippen molar-refractivity contribution in [3.63, 3.8) is 0 Å². The van der Waals surface area contributed by atoms with Gasteiger partial charge in [-0.05, 0) is 0 Å². The minimum atomic E-state index is -0.270. The zero-order chi connectivity index (χ0) is 10.4. The van der Waals surface area contributed by atoms with Crippen LogP contribution in [0.4, 0.5) is 0 Å². The van der Waals surface area contributed by atoms with Crippen LogP contribution in [-0.2, 0) is 19.0 Å². The number of hydrogen-bond acceptors (Lipinski definition) is 5. The Bertz CT molecular complexity index is 189. The van der Waals surface area contributed by atoms with E-state index in [2.05, 4.69) is 10.1 Å². The van der Waals surface area contributed by atoms with E-state index in [0.717, 1.165) is 6.42 Å². The van der Waals surface area contributed by atoms with Crippen LogP contribution >= 0.6 is 0 Å². The summed E-state index contributed by atoms with van der Waals surface area (Å²) in [7, 11) is 3.03. The summed E-state index contributed by atoms with van der Waals surface area (Å²) < 4.78 is 15.1. The summed E-state index contributed by atoms with van der Waals surface area (Å²) in [6.45, 7) is 2.12. The molecule has 82 valence electrons. The van der Waals surface area contributed by atoms with Crippen molar-refractivity contribution in [3.8, 4) is 0 Å². The van der Waals surface area contributed by atoms with Crippen LogP contribution in [0.1, 0.15) is 6.42 Å². The van der Waals surface area contributed by atoms with Crippen LogP contribution in [0.3, 0.4) is 0 Å². The average Bonchev–Trinajstić information content (AvgIpc) is 2.67. The molecule has 1 unspecified atom stereocenters. The second-order valence-corrected chi connectivity index (χ2v) is 3.37. The predicted molar refractivity (Wildman–Crippen MR) is 50.1 cm³/mol. The molecule has 0 bridgehead atoms. The number of carbonyl (C=O) groups is 1. The largest absolute Gasteiger partial charge is 0.468 e. The molecule has 0 aromatic heterocycles. The molecule has 5 nitrogen and oxygen atoms in total. The van der Waals surface area contributed by atoms with Crippen LogP contribution in [0.15, 0.2) is 0 Å². The Labute approximate surface area is 83.7 Å². The smallest absolute Gasteiger partial charge is 0.319 e. The van der Waals surface area contributed by atoms with Gasteiger partial charge in [-0.2, -0.15) is 0 Å². The van der Waals surface area contributed by atoms with Gasteiger partial charge in [0.15, 0.2) is 0 Å². The molecule has 1 fully saturated rings. The van der Waals surface area contributed by atoms with E-state index in [9.17, 15) is 4.79 Å². The molecule has 1 saturated heterocycles. The highest BCUT2D eigenvalue weighted by Crippen LogP contribution is 2.21. The summed E-state index contributed by atoms with van der Waals surface area (Å²) in [6.07, 6.45) is 0.859. The topological polar surface area (TPSA) is 56.8 Å². The summed E-state index contributed by atoms with van der Waals surface area (Å²) in [4.78, 5) is 10.8. The zero-order valence-corrected chi connectivity index (χ0v) is 8.67. The van der Waals surface area contributed by atoms with Gasteiger partial charge >= 0.3 is 5.97 Å². The van der Waals surface area contributed by atoms with E-state index in [0.29, 0.717) is 19.8 Å². The average molecular weight is 203 g/mol. The van der Waals surface area contributed by atoms with Crippen molar-refractivity contribution in [2.24, 2.45) is 0 Å². The fourth-order valence-electron chi connectivity index (χ4n) is 1.43. The fourth-order valence-corrected chi connectivity index (χ4v) is 1.43. The fraction of sp³-hybridized carbons (Fsp3) is 0.889. The molecule has 0 spiro atoms. The number of nitrogens with one attached hydrogen (secondary N) is 1. The van der Waals surface area contributed by atoms with Gasteiger partial charge in [-0.1, -0.05) is 0 Å². The molecular formula is C9H17NO4. The minimum Gasteiger partial charge on any atom is -0.468 e. The third-order valence-electron chi connectivity index (χ3n) is 2.44. The molecule has 0 saturated carbocycles. The molecule has 0 aliphatic carbocycles. The van der Waals surface area contributed by atoms with E-state index >= 15 is 0 Å². The summed E-state index contributed by atoms with van der Waals surface area (Å²) in [5.74, 6) is -0.268. The van der Waals surface area contributed by atoms with Crippen molar-refractivity contribution < 1.29 is 19.0 Å². The Hall–Kier alpha value is -0.650. The highest BCUT2D eigenvalue weighted by Gasteiger charge is 2.34. The van der Waals surface area contributed by atoms with Gasteiger partial charge < -0.3 is 19.5 Å². The Kier molecular flexibility index (Phi) is 4.31. The molecular weight excluding hydrogens is 186 g/mol. The minimum absolute atomic E-state index is 0.210. The highest BCUT2D eigenvalue weighted by molar-refractivity contribution is 5.71. The molecule has 1 aliphatic rings. The van der Waals surface area contributed by atoms with E-state index in [1.165, 1.54) is 7.11 Å². The quantitative estimate of drug-likeness (QED) is 0.614. The lowest BCUT2D eigenvalue weighted by Crippen LogP contribution is -2.44. The Balaban J connectivity index is 2.24. The lowest BCUT2D eigenvalue weighted by molar-refractivity contribution is -0.139. The summed E-state index contributed by atoms with van der Waals surface area (Å²) >= 11 is 0. The third-order valence-corrected chi connectivity index (χ3v) is 2.44. The number of hydrogen-bond donors (Lipinski definition) is 1. The molecule has 0 aromatic rings. The molecule has 1 heterocycles. The van der Waals surface area contributed by atoms with E-state index < -0.39 is 0 Å². The third kappa shape index (κ3) is 2.94. The van der Waals surface area contributed by atoms with E-state index in [1.807, 2.05) is 0 Å². The van der Waals surface area contributed by atoms with Crippen molar-refractivity contribution in [1.29, 1.82) is 0 Å². The molecule has 1 N–H and O–H groups in total. The van der Waals surface area contributed by atoms with Crippen molar-refractivity contribution in [1.82, 2.24) is 5.32 Å². The van der Waals surface area contributed by atoms with Crippen LogP contribution in [0.25, 0.3) is 0 Å². The van der Waals surface area contributed by atoms with Crippen molar-refractivity contribution >= 4 is 5.97 Å². The van der Waals surface area contributed by atoms with Crippen LogP contribution < -0.4 is 5.32 Å². The van der Waals surface area contributed by atoms with Crippen LogP contribution in [0.2, 0.25) is 0 Å². The van der Waals surface area contributed by atoms with Crippen molar-refractivity contribution in [3.05, 3.63) is 0 Å². The van der Waals surface area contributed by atoms with Crippen LogP contribution in [-0.4, -0.2) is 52.1 Å². The first-order chi connectivity index (χ1) is 6.72. The first-order valence-corrected chi connectivity index (χ1v) is 4.63. The second kappa shape index (κ2) is 5.29. The number of methoxy groups -OCH3 is 2. The van der Waals surface area contributed by atoms with Gasteiger partial charge in [-0.25, -0.2) is 0 Å². The second-order valence-electron chi connectivity index (χ2n) is 3.37. The lowest BCUT2D eigenvalue weighted by Gasteiger charge is -2.25. The molecule has 0 aromatic carbocycles. The van der Waals surface area contributed by atoms with Gasteiger partial charge in [-0.3, -0.25) is 4.79 Å². The highest BCUT2D eigenvalue weighted by atomic mass is 16.5. The first kappa shape index (κ1) is 11.4. The summed E-state index contributed by atoms with van der Waals surface area (Å²) in [5, 5.41) is 2.99. The van der Waals surface area contributed by atoms with Crippen molar-refractivity contribution in [2.75, 3.05) is 40.5 Å². The molecule has 1 aliphatic heterocycles. The van der Waals surface area contributed by atoms with Crippen LogP contribution in [0.5, 0.6) is 0 Å². The van der Waals surface area contributed by atoms with E-state index in [-0.39, 0.29) is 18.1 Å². The Morgan fingerprint density at radius 1 is 1.57 bits per heavy atom. The molecule has 0 amide bonds. The Morgan fingerprint density at radius 3 is 2.86 bits per heavy atom. The first-order valence-electron chi connectivity index (χ1n) is 4.63. The van der Waals surface area contributed by atoms with E-state index in [4.69, 9.17) is 9.47 Å². The predicted octanol–water partition coefficient (Wildman–Crippen LogP) is -0.445. The summed E-state index contributed by atoms with van der Waals surface area (Å²) in [6, 6.07) is 0. The number of ether oxygens (including phenoxy) is 3. The Morgan fingerprint density at radius 2 is 2.36 bits per heavy atom. The lowest BCUT2D eigenvalue weighted by atomic mass is 10.0. The van der Waals surface area contributed by atoms with Gasteiger partial charge in [0, 0.05) is 26.7 Å². The van der Waals surface area contributed by atoms with E-state index in [1.54, 1.807) is 7.11 Å². The molecule has 5 heteroatoms. The van der Waals surface area contributed by atoms with Crippen molar-refractivity contribution in [2.45, 2.75) is 12.0 Å². The van der Waals surface area contributed by atoms with Gasteiger partial charge in [0.05, 0.1) is 20.3 Å². The maximum Gasteiger partial charge on any atom is 0.319 e. The number of esters is 1. The van der Waals surface area contributed by atoms with Gasteiger partial charge in [-0.15, -0.1) is 0 Å². The monoisotopic (exact) mass is 203 g/mol. The van der Waals surface area contributed by atoms with Gasteiger partial charge in [0.1, 0.15) is 5.60 Å². The molecule has 0 radical (unpaired) electrons. The molecule has 1 rings (SSSR count). The van der Waals surface area contributed by atoms with Crippen LogP contribution in [0, 0.1) is 0 Å². The number of carbonyl (C=O) groups excluding carboxylic acids is 1. The SMILES string of the molecule is COC(=O)CNCC1(OC)CCOC1. The maximum atomic E-state index is 10.8. The number of rotatable bonds is 5. The molecule has 1 atom stereocenters. The maximum absolute atomic E-state index is 10.8. The summed E-state index contributed by atoms with van der Waals surface area (Å²) in [5.41, 5.74) is -0.270. The van der Waals surface area contributed by atoms with Gasteiger partial charge in [0.25, 0.3) is 0 Å². The van der Waals surface area contributed by atoms with Gasteiger partial charge in [0.2, 0.25) is 0 Å². The normalized spacial score (nSPS) is 26.4. The molecule has 14 heavy (non-hydrogen) atoms. The standard InChI is InChI=1S/C9H17NO4/c1-12-8(11)5-10-6-9(13-2)3-4-14-7-9/h10H,3-7H2,1-2H3.